The fraction of sp³-hybridized carbons (Fsp3) is 0.462. The number of amides is 2. The zero-order chi connectivity index (χ0) is 12.4. The van der Waals surface area contributed by atoms with Gasteiger partial charge in [0, 0.05) is 19.1 Å². The molecule has 0 aromatic heterocycles. The van der Waals surface area contributed by atoms with E-state index in [1.807, 2.05) is 38.1 Å². The van der Waals surface area contributed by atoms with E-state index in [0.29, 0.717) is 13.1 Å². The van der Waals surface area contributed by atoms with E-state index in [1.54, 1.807) is 9.80 Å². The molecule has 1 aliphatic heterocycles. The monoisotopic (exact) mass is 234 g/mol. The first-order valence-electron chi connectivity index (χ1n) is 5.92. The van der Waals surface area contributed by atoms with Gasteiger partial charge in [-0.2, -0.15) is 0 Å². The van der Waals surface area contributed by atoms with Crippen LogP contribution in [0.3, 0.4) is 0 Å². The lowest BCUT2D eigenvalue weighted by atomic mass is 10.1. The summed E-state index contributed by atoms with van der Waals surface area (Å²) in [5, 5.41) is 9.00. The molecule has 2 amide bonds. The van der Waals surface area contributed by atoms with Gasteiger partial charge < -0.3 is 10.0 Å². The van der Waals surface area contributed by atoms with Crippen LogP contribution < -0.4 is 4.90 Å². The number of benzene rings is 1. The number of urea groups is 1. The third-order valence-corrected chi connectivity index (χ3v) is 2.98. The van der Waals surface area contributed by atoms with Crippen LogP contribution in [-0.4, -0.2) is 35.2 Å². The molecule has 1 aliphatic rings. The first-order chi connectivity index (χ1) is 8.15. The summed E-state index contributed by atoms with van der Waals surface area (Å²) in [6.07, 6.45) is 0. The Balaban J connectivity index is 2.39. The molecule has 0 fully saturated rings. The molecule has 0 spiro atoms. The number of aliphatic hydroxyl groups excluding tert-OH is 1. The van der Waals surface area contributed by atoms with Gasteiger partial charge in [-0.3, -0.25) is 4.90 Å². The van der Waals surface area contributed by atoms with E-state index in [0.717, 1.165) is 11.3 Å². The third-order valence-electron chi connectivity index (χ3n) is 2.98. The topological polar surface area (TPSA) is 43.8 Å². The second-order valence-electron chi connectivity index (χ2n) is 4.52. The van der Waals surface area contributed by atoms with Crippen molar-refractivity contribution < 1.29 is 9.90 Å². The number of hydrogen-bond donors (Lipinski definition) is 1. The third kappa shape index (κ3) is 2.13. The Bertz CT molecular complexity index is 418. The molecule has 0 saturated carbocycles. The zero-order valence-electron chi connectivity index (χ0n) is 10.3. The van der Waals surface area contributed by atoms with Crippen molar-refractivity contribution >= 4 is 11.7 Å². The molecule has 92 valence electrons. The molecule has 0 unspecified atom stereocenters. The molecule has 4 nitrogen and oxygen atoms in total. The van der Waals surface area contributed by atoms with Crippen molar-refractivity contribution in [2.24, 2.45) is 0 Å². The van der Waals surface area contributed by atoms with E-state index in [2.05, 4.69) is 0 Å². The van der Waals surface area contributed by atoms with E-state index in [1.165, 1.54) is 0 Å². The van der Waals surface area contributed by atoms with Crippen LogP contribution in [0.4, 0.5) is 10.5 Å². The number of rotatable bonds is 3. The quantitative estimate of drug-likeness (QED) is 0.867. The molecule has 0 saturated heterocycles. The molecule has 1 heterocycles. The number of nitrogens with zero attached hydrogens (tertiary/aromatic N) is 2. The highest BCUT2D eigenvalue weighted by atomic mass is 16.3. The van der Waals surface area contributed by atoms with Crippen LogP contribution in [0.1, 0.15) is 19.4 Å². The Hall–Kier alpha value is -1.55. The van der Waals surface area contributed by atoms with Gasteiger partial charge in [0.05, 0.1) is 12.3 Å². The number of anilines is 1. The summed E-state index contributed by atoms with van der Waals surface area (Å²) in [7, 11) is 0. The van der Waals surface area contributed by atoms with Crippen molar-refractivity contribution in [2.45, 2.75) is 26.4 Å². The lowest BCUT2D eigenvalue weighted by molar-refractivity contribution is 0.175. The minimum atomic E-state index is -0.0206. The SMILES string of the molecule is CC(C)N1C(=O)N(CCO)Cc2ccccc21. The van der Waals surface area contributed by atoms with Crippen LogP contribution in [-0.2, 0) is 6.54 Å². The number of carbonyl (C=O) groups is 1. The van der Waals surface area contributed by atoms with Crippen LogP contribution in [0.15, 0.2) is 24.3 Å². The van der Waals surface area contributed by atoms with Gasteiger partial charge >= 0.3 is 6.03 Å². The van der Waals surface area contributed by atoms with Crippen LogP contribution >= 0.6 is 0 Å². The Morgan fingerprint density at radius 1 is 1.35 bits per heavy atom. The van der Waals surface area contributed by atoms with Gasteiger partial charge in [0.1, 0.15) is 0 Å². The van der Waals surface area contributed by atoms with Crippen molar-refractivity contribution in [2.75, 3.05) is 18.1 Å². The lowest BCUT2D eigenvalue weighted by Crippen LogP contribution is -2.50. The van der Waals surface area contributed by atoms with Gasteiger partial charge in [0.15, 0.2) is 0 Å². The summed E-state index contributed by atoms with van der Waals surface area (Å²) in [4.78, 5) is 15.7. The molecule has 0 radical (unpaired) electrons. The summed E-state index contributed by atoms with van der Waals surface area (Å²) in [6, 6.07) is 8.02. The number of β-amino-alcohol motifs (C(OH)–C–C–N with tert-alkyl or cyclic N) is 1. The summed E-state index contributed by atoms with van der Waals surface area (Å²) in [5.74, 6) is 0. The second kappa shape index (κ2) is 4.75. The minimum Gasteiger partial charge on any atom is -0.395 e. The Morgan fingerprint density at radius 2 is 2.06 bits per heavy atom. The van der Waals surface area contributed by atoms with Gasteiger partial charge in [-0.25, -0.2) is 4.79 Å². The molecule has 4 heteroatoms. The van der Waals surface area contributed by atoms with Crippen molar-refractivity contribution in [3.8, 4) is 0 Å². The predicted molar refractivity (Wildman–Crippen MR) is 66.9 cm³/mol. The average molecular weight is 234 g/mol. The number of para-hydroxylation sites is 1. The fourth-order valence-corrected chi connectivity index (χ4v) is 2.20. The van der Waals surface area contributed by atoms with Crippen molar-refractivity contribution in [3.05, 3.63) is 29.8 Å². The summed E-state index contributed by atoms with van der Waals surface area (Å²) >= 11 is 0. The Labute approximate surface area is 101 Å². The molecular formula is C13H18N2O2. The standard InChI is InChI=1S/C13H18N2O2/c1-10(2)15-12-6-4-3-5-11(12)9-14(7-8-16)13(15)17/h3-6,10,16H,7-9H2,1-2H3. The van der Waals surface area contributed by atoms with Gasteiger partial charge in [0.2, 0.25) is 0 Å². The highest BCUT2D eigenvalue weighted by Crippen LogP contribution is 2.29. The maximum atomic E-state index is 12.3. The Kier molecular flexibility index (Phi) is 3.33. The number of hydrogen-bond acceptors (Lipinski definition) is 2. The zero-order valence-corrected chi connectivity index (χ0v) is 10.3. The molecule has 2 rings (SSSR count). The smallest absolute Gasteiger partial charge is 0.325 e. The van der Waals surface area contributed by atoms with Crippen LogP contribution in [0.5, 0.6) is 0 Å². The number of carbonyl (C=O) groups excluding carboxylic acids is 1. The number of fused-ring (bicyclic) bond motifs is 1. The van der Waals surface area contributed by atoms with Crippen molar-refractivity contribution in [3.63, 3.8) is 0 Å². The normalized spacial score (nSPS) is 15.4. The molecule has 0 bridgehead atoms. The summed E-state index contributed by atoms with van der Waals surface area (Å²) in [5.41, 5.74) is 2.12. The molecule has 0 aliphatic carbocycles. The molecule has 1 N–H and O–H groups in total. The van der Waals surface area contributed by atoms with Crippen molar-refractivity contribution in [1.82, 2.24) is 4.90 Å². The predicted octanol–water partition coefficient (Wildman–Crippen LogP) is 1.83. The molecule has 17 heavy (non-hydrogen) atoms. The van der Waals surface area contributed by atoms with Gasteiger partial charge in [-0.05, 0) is 25.5 Å². The van der Waals surface area contributed by atoms with E-state index in [4.69, 9.17) is 5.11 Å². The van der Waals surface area contributed by atoms with E-state index >= 15 is 0 Å². The average Bonchev–Trinajstić information content (AvgIpc) is 2.30. The van der Waals surface area contributed by atoms with Gasteiger partial charge in [0.25, 0.3) is 0 Å². The molecule has 0 atom stereocenters. The van der Waals surface area contributed by atoms with Gasteiger partial charge in [-0.15, -0.1) is 0 Å². The first-order valence-corrected chi connectivity index (χ1v) is 5.92. The van der Waals surface area contributed by atoms with E-state index < -0.39 is 0 Å². The largest absolute Gasteiger partial charge is 0.395 e. The van der Waals surface area contributed by atoms with Crippen molar-refractivity contribution in [1.29, 1.82) is 0 Å². The maximum Gasteiger partial charge on any atom is 0.325 e. The molecule has 1 aromatic carbocycles. The van der Waals surface area contributed by atoms with E-state index in [9.17, 15) is 4.79 Å². The van der Waals surface area contributed by atoms with Crippen LogP contribution in [0.2, 0.25) is 0 Å². The van der Waals surface area contributed by atoms with Crippen LogP contribution in [0.25, 0.3) is 0 Å². The number of aliphatic hydroxyl groups is 1. The summed E-state index contributed by atoms with van der Waals surface area (Å²) in [6.45, 7) is 4.96. The minimum absolute atomic E-state index is 0.000157. The fourth-order valence-electron chi connectivity index (χ4n) is 2.20. The Morgan fingerprint density at radius 3 is 2.71 bits per heavy atom. The molecular weight excluding hydrogens is 216 g/mol. The molecule has 1 aromatic rings. The highest BCUT2D eigenvalue weighted by Gasteiger charge is 2.31. The lowest BCUT2D eigenvalue weighted by Gasteiger charge is -2.39. The maximum absolute atomic E-state index is 12.3. The summed E-state index contributed by atoms with van der Waals surface area (Å²) < 4.78 is 0. The first kappa shape index (κ1) is 11.9. The van der Waals surface area contributed by atoms with Gasteiger partial charge in [-0.1, -0.05) is 18.2 Å². The highest BCUT2D eigenvalue weighted by molar-refractivity contribution is 5.95. The van der Waals surface area contributed by atoms with E-state index in [-0.39, 0.29) is 18.7 Å². The van der Waals surface area contributed by atoms with Crippen LogP contribution in [0, 0.1) is 0 Å². The second-order valence-corrected chi connectivity index (χ2v) is 4.52.